The van der Waals surface area contributed by atoms with Crippen molar-refractivity contribution in [3.8, 4) is 0 Å². The third-order valence-electron chi connectivity index (χ3n) is 2.77. The lowest BCUT2D eigenvalue weighted by Gasteiger charge is -2.21. The molecule has 0 radical (unpaired) electrons. The van der Waals surface area contributed by atoms with Gasteiger partial charge in [-0.05, 0) is 39.2 Å². The van der Waals surface area contributed by atoms with Gasteiger partial charge in [0, 0.05) is 12.6 Å². The van der Waals surface area contributed by atoms with Gasteiger partial charge < -0.3 is 21.1 Å². The zero-order valence-corrected chi connectivity index (χ0v) is 10.4. The van der Waals surface area contributed by atoms with Crippen molar-refractivity contribution >= 4 is 17.3 Å². The summed E-state index contributed by atoms with van der Waals surface area (Å²) >= 11 is 0. The number of carboxylic acids is 1. The first kappa shape index (κ1) is 13.3. The van der Waals surface area contributed by atoms with Gasteiger partial charge in [-0.15, -0.1) is 0 Å². The molecule has 5 heteroatoms. The number of nitrogens with two attached hydrogens (primary N) is 1. The second kappa shape index (κ2) is 5.54. The molecule has 0 amide bonds. The highest BCUT2D eigenvalue weighted by atomic mass is 16.4. The molecule has 1 aromatic carbocycles. The largest absolute Gasteiger partial charge is 0.478 e. The van der Waals surface area contributed by atoms with Crippen LogP contribution in [0.5, 0.6) is 0 Å². The number of anilines is 2. The molecule has 1 atom stereocenters. The van der Waals surface area contributed by atoms with E-state index in [2.05, 4.69) is 17.1 Å². The Hall–Kier alpha value is -1.75. The SMILES string of the molecule is CC(CNc1cc(C(=O)O)ccc1N)N(C)C. The number of rotatable bonds is 5. The van der Waals surface area contributed by atoms with E-state index in [1.54, 1.807) is 12.1 Å². The maximum Gasteiger partial charge on any atom is 0.335 e. The minimum Gasteiger partial charge on any atom is -0.478 e. The van der Waals surface area contributed by atoms with Gasteiger partial charge >= 0.3 is 5.97 Å². The highest BCUT2D eigenvalue weighted by Crippen LogP contribution is 2.20. The number of nitrogen functional groups attached to an aromatic ring is 1. The number of nitrogens with zero attached hydrogens (tertiary/aromatic N) is 1. The normalized spacial score (nSPS) is 12.5. The van der Waals surface area contributed by atoms with Gasteiger partial charge in [0.15, 0.2) is 0 Å². The number of benzene rings is 1. The molecule has 0 saturated heterocycles. The Morgan fingerprint density at radius 3 is 2.71 bits per heavy atom. The van der Waals surface area contributed by atoms with E-state index in [9.17, 15) is 4.79 Å². The lowest BCUT2D eigenvalue weighted by atomic mass is 10.1. The molecule has 1 rings (SSSR count). The molecular formula is C12H19N3O2. The Balaban J connectivity index is 2.76. The molecule has 0 spiro atoms. The van der Waals surface area contributed by atoms with Gasteiger partial charge in [0.05, 0.1) is 16.9 Å². The summed E-state index contributed by atoms with van der Waals surface area (Å²) in [6, 6.07) is 4.99. The lowest BCUT2D eigenvalue weighted by Crippen LogP contribution is -2.31. The standard InChI is InChI=1S/C12H19N3O2/c1-8(15(2)3)7-14-11-6-9(12(16)17)4-5-10(11)13/h4-6,8,14H,7,13H2,1-3H3,(H,16,17). The summed E-state index contributed by atoms with van der Waals surface area (Å²) in [5.41, 5.74) is 7.24. The molecule has 1 unspecified atom stereocenters. The Kier molecular flexibility index (Phi) is 4.34. The summed E-state index contributed by atoms with van der Waals surface area (Å²) in [4.78, 5) is 12.9. The molecule has 0 aliphatic rings. The van der Waals surface area contributed by atoms with E-state index in [-0.39, 0.29) is 5.56 Å². The molecule has 0 bridgehead atoms. The van der Waals surface area contributed by atoms with Crippen LogP contribution in [0.25, 0.3) is 0 Å². The first-order valence-electron chi connectivity index (χ1n) is 5.45. The summed E-state index contributed by atoms with van der Waals surface area (Å²) in [5, 5.41) is 12.0. The Morgan fingerprint density at radius 2 is 2.18 bits per heavy atom. The van der Waals surface area contributed by atoms with E-state index in [0.29, 0.717) is 24.0 Å². The number of aromatic carboxylic acids is 1. The molecule has 0 fully saturated rings. The number of carboxylic acid groups (broad SMARTS) is 1. The Morgan fingerprint density at radius 1 is 1.53 bits per heavy atom. The minimum atomic E-state index is -0.950. The lowest BCUT2D eigenvalue weighted by molar-refractivity contribution is 0.0697. The van der Waals surface area contributed by atoms with Crippen molar-refractivity contribution < 1.29 is 9.90 Å². The number of hydrogen-bond donors (Lipinski definition) is 3. The molecule has 0 aromatic heterocycles. The van der Waals surface area contributed by atoms with Crippen LogP contribution in [0.1, 0.15) is 17.3 Å². The first-order valence-corrected chi connectivity index (χ1v) is 5.45. The molecule has 0 saturated carbocycles. The maximum atomic E-state index is 10.8. The summed E-state index contributed by atoms with van der Waals surface area (Å²) in [5.74, 6) is -0.950. The van der Waals surface area contributed by atoms with Crippen LogP contribution in [0, 0.1) is 0 Å². The highest BCUT2D eigenvalue weighted by molar-refractivity contribution is 5.90. The highest BCUT2D eigenvalue weighted by Gasteiger charge is 2.08. The summed E-state index contributed by atoms with van der Waals surface area (Å²) in [6.45, 7) is 2.78. The van der Waals surface area contributed by atoms with Crippen molar-refractivity contribution in [2.75, 3.05) is 31.7 Å². The molecule has 4 N–H and O–H groups in total. The predicted molar refractivity (Wildman–Crippen MR) is 69.5 cm³/mol. The Labute approximate surface area is 101 Å². The van der Waals surface area contributed by atoms with E-state index in [1.165, 1.54) is 6.07 Å². The molecular weight excluding hydrogens is 218 g/mol. The monoisotopic (exact) mass is 237 g/mol. The second-order valence-corrected chi connectivity index (χ2v) is 4.30. The quantitative estimate of drug-likeness (QED) is 0.673. The fourth-order valence-corrected chi connectivity index (χ4v) is 1.28. The van der Waals surface area contributed by atoms with Crippen molar-refractivity contribution in [3.63, 3.8) is 0 Å². The topological polar surface area (TPSA) is 78.6 Å². The molecule has 0 aliphatic heterocycles. The number of carbonyl (C=O) groups is 1. The fourth-order valence-electron chi connectivity index (χ4n) is 1.28. The predicted octanol–water partition coefficient (Wildman–Crippen LogP) is 1.33. The van der Waals surface area contributed by atoms with Crippen LogP contribution >= 0.6 is 0 Å². The second-order valence-electron chi connectivity index (χ2n) is 4.30. The fraction of sp³-hybridized carbons (Fsp3) is 0.417. The van der Waals surface area contributed by atoms with Crippen LogP contribution in [-0.4, -0.2) is 42.7 Å². The minimum absolute atomic E-state index is 0.235. The molecule has 94 valence electrons. The van der Waals surface area contributed by atoms with Crippen molar-refractivity contribution in [2.45, 2.75) is 13.0 Å². The van der Waals surface area contributed by atoms with Crippen molar-refractivity contribution in [3.05, 3.63) is 23.8 Å². The van der Waals surface area contributed by atoms with Crippen LogP contribution in [0.4, 0.5) is 11.4 Å². The zero-order valence-electron chi connectivity index (χ0n) is 10.4. The van der Waals surface area contributed by atoms with E-state index in [0.717, 1.165) is 0 Å². The van der Waals surface area contributed by atoms with Crippen LogP contribution < -0.4 is 11.1 Å². The van der Waals surface area contributed by atoms with Crippen LogP contribution in [0.2, 0.25) is 0 Å². The smallest absolute Gasteiger partial charge is 0.335 e. The van der Waals surface area contributed by atoms with E-state index >= 15 is 0 Å². The third kappa shape index (κ3) is 3.64. The van der Waals surface area contributed by atoms with Crippen molar-refractivity contribution in [1.82, 2.24) is 4.90 Å². The van der Waals surface area contributed by atoms with Crippen LogP contribution in [-0.2, 0) is 0 Å². The molecule has 17 heavy (non-hydrogen) atoms. The third-order valence-corrected chi connectivity index (χ3v) is 2.77. The average molecular weight is 237 g/mol. The average Bonchev–Trinajstić information content (AvgIpc) is 2.26. The van der Waals surface area contributed by atoms with Gasteiger partial charge in [-0.25, -0.2) is 4.79 Å². The van der Waals surface area contributed by atoms with E-state index in [1.807, 2.05) is 14.1 Å². The van der Waals surface area contributed by atoms with Crippen molar-refractivity contribution in [2.24, 2.45) is 0 Å². The van der Waals surface area contributed by atoms with Crippen molar-refractivity contribution in [1.29, 1.82) is 0 Å². The van der Waals surface area contributed by atoms with Crippen LogP contribution in [0.15, 0.2) is 18.2 Å². The first-order chi connectivity index (χ1) is 7.91. The number of likely N-dealkylation sites (N-methyl/N-ethyl adjacent to an activating group) is 1. The summed E-state index contributed by atoms with van der Waals surface area (Å²) in [6.07, 6.45) is 0. The molecule has 0 aliphatic carbocycles. The molecule has 0 heterocycles. The van der Waals surface area contributed by atoms with Gasteiger partial charge in [-0.2, -0.15) is 0 Å². The van der Waals surface area contributed by atoms with Gasteiger partial charge in [-0.1, -0.05) is 0 Å². The summed E-state index contributed by atoms with van der Waals surface area (Å²) < 4.78 is 0. The molecule has 5 nitrogen and oxygen atoms in total. The number of nitrogens with one attached hydrogen (secondary N) is 1. The maximum absolute atomic E-state index is 10.8. The van der Waals surface area contributed by atoms with Crippen LogP contribution in [0.3, 0.4) is 0 Å². The molecule has 1 aromatic rings. The number of hydrogen-bond acceptors (Lipinski definition) is 4. The van der Waals surface area contributed by atoms with E-state index in [4.69, 9.17) is 10.8 Å². The zero-order chi connectivity index (χ0) is 13.0. The van der Waals surface area contributed by atoms with E-state index < -0.39 is 5.97 Å². The summed E-state index contributed by atoms with van der Waals surface area (Å²) in [7, 11) is 3.98. The van der Waals surface area contributed by atoms with Gasteiger partial charge in [0.1, 0.15) is 0 Å². The van der Waals surface area contributed by atoms with Gasteiger partial charge in [0.2, 0.25) is 0 Å². The van der Waals surface area contributed by atoms with Gasteiger partial charge in [-0.3, -0.25) is 0 Å². The Bertz CT molecular complexity index is 405. The van der Waals surface area contributed by atoms with Gasteiger partial charge in [0.25, 0.3) is 0 Å².